The Bertz CT molecular complexity index is 558. The zero-order chi connectivity index (χ0) is 13.0. The summed E-state index contributed by atoms with van der Waals surface area (Å²) in [6.45, 7) is 0.0861. The number of rotatable bonds is 3. The van der Waals surface area contributed by atoms with Gasteiger partial charge in [-0.2, -0.15) is 0 Å². The largest absolute Gasteiger partial charge is 0.456 e. The van der Waals surface area contributed by atoms with E-state index in [4.69, 9.17) is 27.9 Å². The highest BCUT2D eigenvalue weighted by molar-refractivity contribution is 6.31. The first-order chi connectivity index (χ1) is 8.66. The van der Waals surface area contributed by atoms with Gasteiger partial charge in [-0.1, -0.05) is 41.4 Å². The Morgan fingerprint density at radius 2 is 1.89 bits per heavy atom. The van der Waals surface area contributed by atoms with Crippen LogP contribution in [-0.2, 0) is 11.3 Å². The number of halogens is 2. The molecule has 1 heterocycles. The van der Waals surface area contributed by atoms with Gasteiger partial charge in [0.1, 0.15) is 6.61 Å². The molecule has 0 bridgehead atoms. The van der Waals surface area contributed by atoms with Gasteiger partial charge in [0.05, 0.1) is 0 Å². The summed E-state index contributed by atoms with van der Waals surface area (Å²) >= 11 is 11.5. The molecule has 2 aromatic rings. The Morgan fingerprint density at radius 1 is 1.11 bits per heavy atom. The molecule has 92 valence electrons. The molecule has 1 aromatic heterocycles. The van der Waals surface area contributed by atoms with Gasteiger partial charge in [0, 0.05) is 10.6 Å². The van der Waals surface area contributed by atoms with Crippen LogP contribution >= 0.6 is 23.2 Å². The summed E-state index contributed by atoms with van der Waals surface area (Å²) in [4.78, 5) is 11.6. The molecule has 0 amide bonds. The van der Waals surface area contributed by atoms with Crippen molar-refractivity contribution in [1.29, 1.82) is 0 Å². The topological polar surface area (TPSA) is 52.1 Å². The van der Waals surface area contributed by atoms with Gasteiger partial charge in [-0.25, -0.2) is 4.79 Å². The number of carbonyl (C=O) groups is 1. The highest BCUT2D eigenvalue weighted by atomic mass is 35.5. The Hall–Kier alpha value is -1.65. The van der Waals surface area contributed by atoms with E-state index in [0.717, 1.165) is 5.56 Å². The fourth-order valence-corrected chi connectivity index (χ4v) is 1.55. The zero-order valence-electron chi connectivity index (χ0n) is 9.14. The van der Waals surface area contributed by atoms with Crippen LogP contribution in [-0.4, -0.2) is 16.2 Å². The smallest absolute Gasteiger partial charge is 0.359 e. The van der Waals surface area contributed by atoms with E-state index in [9.17, 15) is 4.79 Å². The molecule has 0 N–H and O–H groups in total. The summed E-state index contributed by atoms with van der Waals surface area (Å²) in [6, 6.07) is 10.1. The molecule has 0 fully saturated rings. The monoisotopic (exact) mass is 282 g/mol. The molecule has 0 unspecified atom stereocenters. The second kappa shape index (κ2) is 5.80. The van der Waals surface area contributed by atoms with Crippen LogP contribution in [0.15, 0.2) is 36.4 Å². The maximum atomic E-state index is 11.6. The third-order valence-electron chi connectivity index (χ3n) is 2.16. The first-order valence-electron chi connectivity index (χ1n) is 5.06. The van der Waals surface area contributed by atoms with E-state index >= 15 is 0 Å². The fourth-order valence-electron chi connectivity index (χ4n) is 1.26. The minimum atomic E-state index is -0.570. The molecule has 0 aliphatic heterocycles. The minimum absolute atomic E-state index is 0.0861. The van der Waals surface area contributed by atoms with Crippen molar-refractivity contribution in [2.45, 2.75) is 6.61 Å². The summed E-state index contributed by atoms with van der Waals surface area (Å²) in [5, 5.41) is 7.95. The van der Waals surface area contributed by atoms with Crippen LogP contribution in [0.2, 0.25) is 10.2 Å². The molecular formula is C12H8Cl2N2O2. The van der Waals surface area contributed by atoms with Crippen LogP contribution in [0.5, 0.6) is 0 Å². The average molecular weight is 283 g/mol. The summed E-state index contributed by atoms with van der Waals surface area (Å²) in [7, 11) is 0. The first kappa shape index (κ1) is 12.8. The number of carbonyl (C=O) groups excluding carboxylic acids is 1. The Kier molecular flexibility index (Phi) is 4.12. The van der Waals surface area contributed by atoms with Crippen LogP contribution in [0, 0.1) is 0 Å². The van der Waals surface area contributed by atoms with E-state index < -0.39 is 5.97 Å². The van der Waals surface area contributed by atoms with Crippen molar-refractivity contribution in [2.75, 3.05) is 0 Å². The molecule has 1 aromatic carbocycles. The van der Waals surface area contributed by atoms with Gasteiger partial charge in [-0.05, 0) is 18.2 Å². The zero-order valence-corrected chi connectivity index (χ0v) is 10.6. The molecular weight excluding hydrogens is 275 g/mol. The molecule has 0 aliphatic carbocycles. The summed E-state index contributed by atoms with van der Waals surface area (Å²) in [5.41, 5.74) is 0.834. The van der Waals surface area contributed by atoms with Crippen LogP contribution in [0.1, 0.15) is 16.1 Å². The summed E-state index contributed by atoms with van der Waals surface area (Å²) in [6.07, 6.45) is 0. The maximum absolute atomic E-state index is 11.6. The van der Waals surface area contributed by atoms with E-state index in [1.807, 2.05) is 6.07 Å². The van der Waals surface area contributed by atoms with Gasteiger partial charge in [0.15, 0.2) is 10.8 Å². The number of nitrogens with zero attached hydrogens (tertiary/aromatic N) is 2. The summed E-state index contributed by atoms with van der Waals surface area (Å²) < 4.78 is 5.07. The number of aromatic nitrogens is 2. The van der Waals surface area contributed by atoms with Crippen LogP contribution in [0.3, 0.4) is 0 Å². The molecule has 0 radical (unpaired) electrons. The molecule has 18 heavy (non-hydrogen) atoms. The van der Waals surface area contributed by atoms with Crippen molar-refractivity contribution in [3.8, 4) is 0 Å². The molecule has 2 rings (SSSR count). The van der Waals surface area contributed by atoms with Crippen molar-refractivity contribution in [3.05, 3.63) is 57.8 Å². The predicted octanol–water partition coefficient (Wildman–Crippen LogP) is 3.14. The lowest BCUT2D eigenvalue weighted by atomic mass is 10.2. The SMILES string of the molecule is O=C(OCc1ccccc1Cl)c1ccc(Cl)nn1. The van der Waals surface area contributed by atoms with Crippen molar-refractivity contribution in [2.24, 2.45) is 0 Å². The van der Waals surface area contributed by atoms with Gasteiger partial charge in [0.2, 0.25) is 0 Å². The standard InChI is InChI=1S/C12H8Cl2N2O2/c13-9-4-2-1-3-8(9)7-18-12(17)10-5-6-11(14)16-15-10/h1-6H,7H2. The second-order valence-corrected chi connectivity index (χ2v) is 4.20. The van der Waals surface area contributed by atoms with Gasteiger partial charge in [0.25, 0.3) is 0 Å². The third-order valence-corrected chi connectivity index (χ3v) is 2.73. The number of ether oxygens (including phenoxy) is 1. The predicted molar refractivity (Wildman–Crippen MR) is 67.6 cm³/mol. The molecule has 0 saturated heterocycles. The van der Waals surface area contributed by atoms with Crippen LogP contribution in [0.4, 0.5) is 0 Å². The fraction of sp³-hybridized carbons (Fsp3) is 0.0833. The van der Waals surface area contributed by atoms with E-state index in [2.05, 4.69) is 10.2 Å². The van der Waals surface area contributed by atoms with Crippen LogP contribution in [0.25, 0.3) is 0 Å². The van der Waals surface area contributed by atoms with Crippen molar-refractivity contribution < 1.29 is 9.53 Å². The van der Waals surface area contributed by atoms with E-state index in [1.54, 1.807) is 18.2 Å². The normalized spacial score (nSPS) is 10.1. The molecule has 0 spiro atoms. The molecule has 0 aliphatic rings. The molecule has 6 heteroatoms. The van der Waals surface area contributed by atoms with Crippen molar-refractivity contribution in [1.82, 2.24) is 10.2 Å². The summed E-state index contributed by atoms with van der Waals surface area (Å²) in [5.74, 6) is -0.570. The Balaban J connectivity index is 2.01. The lowest BCUT2D eigenvalue weighted by molar-refractivity contribution is 0.0464. The maximum Gasteiger partial charge on any atom is 0.359 e. The molecule has 0 atom stereocenters. The third kappa shape index (κ3) is 3.18. The van der Waals surface area contributed by atoms with Crippen molar-refractivity contribution in [3.63, 3.8) is 0 Å². The quantitative estimate of drug-likeness (QED) is 0.812. The number of esters is 1. The number of hydrogen-bond donors (Lipinski definition) is 0. The van der Waals surface area contributed by atoms with Gasteiger partial charge in [-0.3, -0.25) is 0 Å². The molecule has 4 nitrogen and oxygen atoms in total. The lowest BCUT2D eigenvalue weighted by Gasteiger charge is -2.05. The molecule has 0 saturated carbocycles. The van der Waals surface area contributed by atoms with Gasteiger partial charge < -0.3 is 4.74 Å². The van der Waals surface area contributed by atoms with Crippen LogP contribution < -0.4 is 0 Å². The Morgan fingerprint density at radius 3 is 2.56 bits per heavy atom. The second-order valence-electron chi connectivity index (χ2n) is 3.41. The number of benzene rings is 1. The minimum Gasteiger partial charge on any atom is -0.456 e. The Labute approximate surface area is 114 Å². The highest BCUT2D eigenvalue weighted by Crippen LogP contribution is 2.16. The van der Waals surface area contributed by atoms with E-state index in [-0.39, 0.29) is 17.5 Å². The number of hydrogen-bond acceptors (Lipinski definition) is 4. The van der Waals surface area contributed by atoms with Gasteiger partial charge in [-0.15, -0.1) is 10.2 Å². The van der Waals surface area contributed by atoms with E-state index in [1.165, 1.54) is 12.1 Å². The average Bonchev–Trinajstić information content (AvgIpc) is 2.38. The highest BCUT2D eigenvalue weighted by Gasteiger charge is 2.10. The van der Waals surface area contributed by atoms with Gasteiger partial charge >= 0.3 is 5.97 Å². The lowest BCUT2D eigenvalue weighted by Crippen LogP contribution is -2.08. The van der Waals surface area contributed by atoms with Crippen molar-refractivity contribution >= 4 is 29.2 Å². The first-order valence-corrected chi connectivity index (χ1v) is 5.82. The van der Waals surface area contributed by atoms with E-state index in [0.29, 0.717) is 5.02 Å².